The van der Waals surface area contributed by atoms with E-state index in [2.05, 4.69) is 11.9 Å². The van der Waals surface area contributed by atoms with Crippen molar-refractivity contribution in [3.05, 3.63) is 34.6 Å². The fourth-order valence-electron chi connectivity index (χ4n) is 4.95. The Morgan fingerprint density at radius 1 is 1.24 bits per heavy atom. The van der Waals surface area contributed by atoms with Crippen LogP contribution in [0.15, 0.2) is 17.9 Å². The largest absolute Gasteiger partial charge is 0.504 e. The fourth-order valence-corrected chi connectivity index (χ4v) is 4.95. The van der Waals surface area contributed by atoms with Crippen molar-refractivity contribution < 1.29 is 19.4 Å². The molecule has 3 aliphatic rings. The topological polar surface area (TPSA) is 59.0 Å². The molecule has 1 N–H and O–H groups in total. The lowest BCUT2D eigenvalue weighted by Crippen LogP contribution is -2.42. The van der Waals surface area contributed by atoms with Crippen LogP contribution in [0.3, 0.4) is 0 Å². The molecule has 0 amide bonds. The van der Waals surface area contributed by atoms with E-state index in [0.29, 0.717) is 30.4 Å². The lowest BCUT2D eigenvalue weighted by Gasteiger charge is -2.47. The van der Waals surface area contributed by atoms with E-state index >= 15 is 0 Å². The Morgan fingerprint density at radius 2 is 2.04 bits per heavy atom. The second-order valence-electron chi connectivity index (χ2n) is 7.45. The number of ether oxygens (including phenoxy) is 2. The highest BCUT2D eigenvalue weighted by Gasteiger charge is 2.47. The molecule has 0 unspecified atom stereocenters. The summed E-state index contributed by atoms with van der Waals surface area (Å²) in [5.74, 6) is 1.22. The van der Waals surface area contributed by atoms with E-state index in [9.17, 15) is 9.90 Å². The van der Waals surface area contributed by atoms with Gasteiger partial charge in [0, 0.05) is 30.0 Å². The van der Waals surface area contributed by atoms with Gasteiger partial charge >= 0.3 is 0 Å². The Labute approximate surface area is 148 Å². The molecule has 0 radical (unpaired) electrons. The first-order valence-electron chi connectivity index (χ1n) is 8.94. The van der Waals surface area contributed by atoms with Crippen molar-refractivity contribution in [2.75, 3.05) is 27.8 Å². The van der Waals surface area contributed by atoms with Gasteiger partial charge < -0.3 is 14.6 Å². The van der Waals surface area contributed by atoms with Crippen molar-refractivity contribution in [3.8, 4) is 11.5 Å². The highest BCUT2D eigenvalue weighted by Crippen LogP contribution is 2.56. The molecule has 5 heteroatoms. The lowest BCUT2D eigenvalue weighted by atomic mass is 9.61. The molecule has 5 nitrogen and oxygen atoms in total. The monoisotopic (exact) mass is 343 g/mol. The number of aromatic hydroxyl groups is 1. The van der Waals surface area contributed by atoms with Gasteiger partial charge in [0.25, 0.3) is 0 Å². The Bertz CT molecular complexity index is 769. The van der Waals surface area contributed by atoms with Gasteiger partial charge in [0.05, 0.1) is 14.2 Å². The summed E-state index contributed by atoms with van der Waals surface area (Å²) in [7, 11) is 5.29. The van der Waals surface area contributed by atoms with Crippen LogP contribution in [0.2, 0.25) is 0 Å². The number of ketones is 1. The molecule has 2 aliphatic carbocycles. The van der Waals surface area contributed by atoms with E-state index < -0.39 is 0 Å². The van der Waals surface area contributed by atoms with Crippen LogP contribution < -0.4 is 4.74 Å². The third-order valence-corrected chi connectivity index (χ3v) is 6.27. The average molecular weight is 343 g/mol. The molecule has 1 heterocycles. The minimum absolute atomic E-state index is 0.0450. The van der Waals surface area contributed by atoms with E-state index in [1.54, 1.807) is 14.2 Å². The van der Waals surface area contributed by atoms with E-state index in [1.165, 1.54) is 11.1 Å². The molecule has 0 saturated heterocycles. The number of phenols is 1. The molecule has 134 valence electrons. The predicted molar refractivity (Wildman–Crippen MR) is 94.0 cm³/mol. The Hall–Kier alpha value is -2.01. The van der Waals surface area contributed by atoms with Crippen molar-refractivity contribution in [1.29, 1.82) is 0 Å². The maximum absolute atomic E-state index is 12.1. The number of rotatable bonds is 2. The average Bonchev–Trinajstić information content (AvgIpc) is 2.62. The van der Waals surface area contributed by atoms with Crippen molar-refractivity contribution in [3.63, 3.8) is 0 Å². The molecule has 1 aliphatic heterocycles. The second-order valence-corrected chi connectivity index (χ2v) is 7.45. The Kier molecular flexibility index (Phi) is 3.80. The molecule has 2 atom stereocenters. The normalized spacial score (nSPS) is 28.5. The van der Waals surface area contributed by atoms with E-state index in [-0.39, 0.29) is 16.9 Å². The van der Waals surface area contributed by atoms with Crippen LogP contribution in [0.25, 0.3) is 0 Å². The summed E-state index contributed by atoms with van der Waals surface area (Å²) in [4.78, 5) is 14.5. The number of fused-ring (bicyclic) bond motifs is 1. The number of allylic oxidation sites excluding steroid dienone is 2. The highest BCUT2D eigenvalue weighted by molar-refractivity contribution is 5.95. The lowest BCUT2D eigenvalue weighted by molar-refractivity contribution is -0.119. The van der Waals surface area contributed by atoms with Crippen LogP contribution in [0, 0.1) is 0 Å². The first kappa shape index (κ1) is 16.5. The molecule has 0 aromatic heterocycles. The maximum Gasteiger partial charge on any atom is 0.197 e. The van der Waals surface area contributed by atoms with E-state index in [1.807, 2.05) is 12.1 Å². The zero-order valence-electron chi connectivity index (χ0n) is 15.1. The molecule has 1 spiro atoms. The summed E-state index contributed by atoms with van der Waals surface area (Å²) in [5, 5.41) is 11.0. The van der Waals surface area contributed by atoms with Gasteiger partial charge in [-0.25, -0.2) is 0 Å². The number of carbonyl (C=O) groups excluding carboxylic acids is 1. The van der Waals surface area contributed by atoms with Gasteiger partial charge in [-0.1, -0.05) is 0 Å². The fraction of sp³-hybridized carbons (Fsp3) is 0.550. The molecule has 0 bridgehead atoms. The maximum atomic E-state index is 12.1. The number of Topliss-reactive ketones (excluding diaryl/α,β-unsaturated/α-hetero) is 1. The van der Waals surface area contributed by atoms with Crippen LogP contribution in [0.1, 0.15) is 48.4 Å². The molecule has 1 aromatic carbocycles. The standard InChI is InChI=1S/C20H25NO4/c1-21-9-6-12-10-15(24-2)19(23)18-17(12)13(21)4-7-20(18)8-5-14(22)16(11-20)25-3/h10-11,13,23H,4-9H2,1-3H3/t13-,20+/m0/s1. The first-order valence-corrected chi connectivity index (χ1v) is 8.94. The van der Waals surface area contributed by atoms with Gasteiger partial charge in [0.15, 0.2) is 23.0 Å². The van der Waals surface area contributed by atoms with Gasteiger partial charge in [0.1, 0.15) is 0 Å². The van der Waals surface area contributed by atoms with Crippen molar-refractivity contribution >= 4 is 5.78 Å². The minimum atomic E-state index is -0.351. The number of phenolic OH excluding ortho intramolecular Hbond substituents is 1. The predicted octanol–water partition coefficient (Wildman–Crippen LogP) is 2.85. The van der Waals surface area contributed by atoms with E-state index in [0.717, 1.165) is 31.4 Å². The third kappa shape index (κ3) is 2.29. The van der Waals surface area contributed by atoms with Gasteiger partial charge in [0.2, 0.25) is 0 Å². The number of nitrogens with zero attached hydrogens (tertiary/aromatic N) is 1. The van der Waals surface area contributed by atoms with Crippen LogP contribution in [0.4, 0.5) is 0 Å². The number of methoxy groups -OCH3 is 2. The second kappa shape index (κ2) is 5.77. The smallest absolute Gasteiger partial charge is 0.197 e. The van der Waals surface area contributed by atoms with Gasteiger partial charge in [-0.15, -0.1) is 0 Å². The van der Waals surface area contributed by atoms with Gasteiger partial charge in [-0.2, -0.15) is 0 Å². The highest BCUT2D eigenvalue weighted by atomic mass is 16.5. The molecule has 1 aromatic rings. The molecular weight excluding hydrogens is 318 g/mol. The Morgan fingerprint density at radius 3 is 2.76 bits per heavy atom. The molecule has 0 fully saturated rings. The minimum Gasteiger partial charge on any atom is -0.504 e. The van der Waals surface area contributed by atoms with E-state index in [4.69, 9.17) is 9.47 Å². The summed E-state index contributed by atoms with van der Waals surface area (Å²) >= 11 is 0. The SMILES string of the molecule is COC1=C[C@]2(CCC1=O)CC[C@H]1c3c(cc(OC)c(O)c32)CCN1C. The Balaban J connectivity index is 1.99. The van der Waals surface area contributed by atoms with Crippen LogP contribution in [0.5, 0.6) is 11.5 Å². The van der Waals surface area contributed by atoms with Gasteiger partial charge in [-0.3, -0.25) is 9.69 Å². The summed E-state index contributed by atoms with van der Waals surface area (Å²) in [6.45, 7) is 1.01. The summed E-state index contributed by atoms with van der Waals surface area (Å²) < 4.78 is 10.8. The van der Waals surface area contributed by atoms with Gasteiger partial charge in [-0.05, 0) is 56.0 Å². The number of likely N-dealkylation sites (N-methyl/N-ethyl adjacent to an activating group) is 1. The zero-order chi connectivity index (χ0) is 17.8. The quantitative estimate of drug-likeness (QED) is 0.895. The summed E-state index contributed by atoms with van der Waals surface area (Å²) in [6.07, 6.45) is 5.98. The van der Waals surface area contributed by atoms with Crippen molar-refractivity contribution in [2.24, 2.45) is 0 Å². The molecular formula is C20H25NO4. The van der Waals surface area contributed by atoms with Crippen LogP contribution in [-0.4, -0.2) is 43.6 Å². The first-order chi connectivity index (χ1) is 12.0. The van der Waals surface area contributed by atoms with Crippen LogP contribution >= 0.6 is 0 Å². The molecule has 25 heavy (non-hydrogen) atoms. The number of carbonyl (C=O) groups is 1. The summed E-state index contributed by atoms with van der Waals surface area (Å²) in [6, 6.07) is 2.31. The number of hydrogen-bond donors (Lipinski definition) is 1. The molecule has 4 rings (SSSR count). The molecule has 0 saturated carbocycles. The number of benzene rings is 1. The zero-order valence-corrected chi connectivity index (χ0v) is 15.1. The third-order valence-electron chi connectivity index (χ3n) is 6.27. The van der Waals surface area contributed by atoms with Crippen LogP contribution in [-0.2, 0) is 21.4 Å². The van der Waals surface area contributed by atoms with Crippen molar-refractivity contribution in [1.82, 2.24) is 4.90 Å². The number of hydrogen-bond acceptors (Lipinski definition) is 5. The summed E-state index contributed by atoms with van der Waals surface area (Å²) in [5.41, 5.74) is 3.10. The van der Waals surface area contributed by atoms with Crippen molar-refractivity contribution in [2.45, 2.75) is 43.6 Å².